The molecule has 2 aromatic rings. The second-order valence-corrected chi connectivity index (χ2v) is 7.03. The second-order valence-electron chi connectivity index (χ2n) is 6.00. The van der Waals surface area contributed by atoms with Crippen molar-refractivity contribution in [2.24, 2.45) is 4.99 Å². The predicted octanol–water partition coefficient (Wildman–Crippen LogP) is 3.19. The van der Waals surface area contributed by atoms with Gasteiger partial charge in [-0.1, -0.05) is 24.3 Å². The monoisotopic (exact) mass is 343 g/mol. The van der Waals surface area contributed by atoms with Crippen LogP contribution in [0.5, 0.6) is 5.75 Å². The van der Waals surface area contributed by atoms with Gasteiger partial charge in [0.25, 0.3) is 0 Å². The number of ether oxygens (including phenoxy) is 1. The van der Waals surface area contributed by atoms with E-state index in [0.29, 0.717) is 6.54 Å². The lowest BCUT2D eigenvalue weighted by atomic mass is 10.1. The molecule has 1 unspecified atom stereocenters. The van der Waals surface area contributed by atoms with E-state index < -0.39 is 0 Å². The summed E-state index contributed by atoms with van der Waals surface area (Å²) in [5.41, 5.74) is 1.29. The summed E-state index contributed by atoms with van der Waals surface area (Å²) >= 11 is 1.81. The number of hydrogen-bond acceptors (Lipinski definition) is 3. The van der Waals surface area contributed by atoms with E-state index >= 15 is 0 Å². The number of benzene rings is 1. The maximum Gasteiger partial charge on any atom is 0.193 e. The standard InChI is InChI=1S/C19H25N3OS/c1-3-20-19(22(2)11-10-17-8-6-12-24-17)21-14-16-13-15-7-4-5-9-18(15)23-16/h4-9,12,16H,3,10-11,13-14H2,1-2H3,(H,20,21). The number of fused-ring (bicyclic) bond motifs is 1. The molecule has 1 aliphatic rings. The van der Waals surface area contributed by atoms with Crippen LogP contribution in [0.4, 0.5) is 0 Å². The van der Waals surface area contributed by atoms with Gasteiger partial charge in [0, 0.05) is 31.4 Å². The summed E-state index contributed by atoms with van der Waals surface area (Å²) in [6, 6.07) is 12.6. The molecule has 2 heterocycles. The van der Waals surface area contributed by atoms with Gasteiger partial charge in [-0.2, -0.15) is 0 Å². The molecule has 0 saturated carbocycles. The number of guanidine groups is 1. The van der Waals surface area contributed by atoms with Crippen molar-refractivity contribution in [3.8, 4) is 5.75 Å². The largest absolute Gasteiger partial charge is 0.488 e. The zero-order valence-electron chi connectivity index (χ0n) is 14.4. The van der Waals surface area contributed by atoms with Crippen LogP contribution in [0.15, 0.2) is 46.8 Å². The summed E-state index contributed by atoms with van der Waals surface area (Å²) in [4.78, 5) is 8.40. The quantitative estimate of drug-likeness (QED) is 0.646. The highest BCUT2D eigenvalue weighted by Crippen LogP contribution is 2.28. The molecule has 0 spiro atoms. The van der Waals surface area contributed by atoms with Crippen LogP contribution in [0.25, 0.3) is 0 Å². The Labute approximate surface area is 148 Å². The first-order valence-corrected chi connectivity index (χ1v) is 9.40. The molecule has 0 aliphatic carbocycles. The van der Waals surface area contributed by atoms with E-state index in [9.17, 15) is 0 Å². The van der Waals surface area contributed by atoms with Gasteiger partial charge >= 0.3 is 0 Å². The zero-order chi connectivity index (χ0) is 16.8. The molecular weight excluding hydrogens is 318 g/mol. The number of hydrogen-bond donors (Lipinski definition) is 1. The minimum atomic E-state index is 0.141. The molecule has 0 bridgehead atoms. The smallest absolute Gasteiger partial charge is 0.193 e. The Balaban J connectivity index is 1.55. The van der Waals surface area contributed by atoms with Crippen molar-refractivity contribution < 1.29 is 4.74 Å². The Hall–Kier alpha value is -2.01. The number of nitrogens with one attached hydrogen (secondary N) is 1. The molecule has 5 heteroatoms. The molecule has 1 atom stereocenters. The van der Waals surface area contributed by atoms with Gasteiger partial charge in [0.15, 0.2) is 5.96 Å². The van der Waals surface area contributed by atoms with Gasteiger partial charge in [0.2, 0.25) is 0 Å². The summed E-state index contributed by atoms with van der Waals surface area (Å²) in [6.45, 7) is 4.61. The average molecular weight is 343 g/mol. The Morgan fingerprint density at radius 1 is 1.33 bits per heavy atom. The van der Waals surface area contributed by atoms with Crippen molar-refractivity contribution in [2.45, 2.75) is 25.9 Å². The molecule has 0 saturated heterocycles. The topological polar surface area (TPSA) is 36.9 Å². The van der Waals surface area contributed by atoms with Crippen LogP contribution in [0.1, 0.15) is 17.4 Å². The molecule has 0 fully saturated rings. The van der Waals surface area contributed by atoms with Crippen LogP contribution in [0.3, 0.4) is 0 Å². The van der Waals surface area contributed by atoms with E-state index in [2.05, 4.69) is 53.8 Å². The van der Waals surface area contributed by atoms with Crippen LogP contribution in [-0.2, 0) is 12.8 Å². The fourth-order valence-corrected chi connectivity index (χ4v) is 3.55. The number of para-hydroxylation sites is 1. The SMILES string of the molecule is CCNC(=NCC1Cc2ccccc2O1)N(C)CCc1cccs1. The lowest BCUT2D eigenvalue weighted by Crippen LogP contribution is -2.40. The summed E-state index contributed by atoms with van der Waals surface area (Å²) in [6.07, 6.45) is 2.13. The van der Waals surface area contributed by atoms with Gasteiger partial charge in [0.1, 0.15) is 11.9 Å². The molecule has 4 nitrogen and oxygen atoms in total. The van der Waals surface area contributed by atoms with Crippen molar-refractivity contribution in [2.75, 3.05) is 26.7 Å². The highest BCUT2D eigenvalue weighted by molar-refractivity contribution is 7.09. The first-order chi connectivity index (χ1) is 11.8. The minimum absolute atomic E-state index is 0.141. The highest BCUT2D eigenvalue weighted by Gasteiger charge is 2.22. The number of rotatable bonds is 6. The molecule has 24 heavy (non-hydrogen) atoms. The van der Waals surface area contributed by atoms with Crippen LogP contribution in [-0.4, -0.2) is 43.6 Å². The van der Waals surface area contributed by atoms with Gasteiger partial charge in [-0.25, -0.2) is 4.99 Å². The molecule has 1 aromatic carbocycles. The first-order valence-electron chi connectivity index (χ1n) is 8.52. The van der Waals surface area contributed by atoms with E-state index in [-0.39, 0.29) is 6.10 Å². The van der Waals surface area contributed by atoms with Crippen molar-refractivity contribution in [1.29, 1.82) is 0 Å². The van der Waals surface area contributed by atoms with Crippen LogP contribution in [0.2, 0.25) is 0 Å². The molecule has 1 aromatic heterocycles. The number of aliphatic imine (C=N–C) groups is 1. The third kappa shape index (κ3) is 4.29. The van der Waals surface area contributed by atoms with Crippen LogP contribution < -0.4 is 10.1 Å². The summed E-state index contributed by atoms with van der Waals surface area (Å²) < 4.78 is 5.98. The fraction of sp³-hybridized carbons (Fsp3) is 0.421. The summed E-state index contributed by atoms with van der Waals surface area (Å²) in [5, 5.41) is 5.51. The summed E-state index contributed by atoms with van der Waals surface area (Å²) in [5.74, 6) is 1.96. The first kappa shape index (κ1) is 16.8. The minimum Gasteiger partial charge on any atom is -0.488 e. The van der Waals surface area contributed by atoms with Gasteiger partial charge < -0.3 is 15.0 Å². The van der Waals surface area contributed by atoms with Crippen LogP contribution >= 0.6 is 11.3 Å². The molecule has 3 rings (SSSR count). The van der Waals surface area contributed by atoms with Gasteiger partial charge in [-0.05, 0) is 36.4 Å². The van der Waals surface area contributed by atoms with E-state index in [1.165, 1.54) is 10.4 Å². The number of nitrogens with zero attached hydrogens (tertiary/aromatic N) is 2. The molecule has 0 amide bonds. The Morgan fingerprint density at radius 2 is 2.21 bits per heavy atom. The molecule has 128 valence electrons. The van der Waals surface area contributed by atoms with E-state index in [1.54, 1.807) is 0 Å². The lowest BCUT2D eigenvalue weighted by molar-refractivity contribution is 0.241. The van der Waals surface area contributed by atoms with Crippen molar-refractivity contribution in [3.05, 3.63) is 52.2 Å². The predicted molar refractivity (Wildman–Crippen MR) is 101 cm³/mol. The van der Waals surface area contributed by atoms with Crippen LogP contribution in [0, 0.1) is 0 Å². The third-order valence-corrected chi connectivity index (χ3v) is 5.06. The maximum absolute atomic E-state index is 5.98. The third-order valence-electron chi connectivity index (χ3n) is 4.13. The Bertz CT molecular complexity index is 644. The average Bonchev–Trinajstić information content (AvgIpc) is 3.25. The normalized spacial score (nSPS) is 16.6. The van der Waals surface area contributed by atoms with E-state index in [0.717, 1.165) is 37.6 Å². The van der Waals surface area contributed by atoms with E-state index in [1.807, 2.05) is 23.5 Å². The molecule has 1 aliphatic heterocycles. The van der Waals surface area contributed by atoms with Crippen molar-refractivity contribution in [1.82, 2.24) is 10.2 Å². The van der Waals surface area contributed by atoms with Gasteiger partial charge in [0.05, 0.1) is 6.54 Å². The Morgan fingerprint density at radius 3 is 2.96 bits per heavy atom. The van der Waals surface area contributed by atoms with Gasteiger partial charge in [-0.15, -0.1) is 11.3 Å². The maximum atomic E-state index is 5.98. The zero-order valence-corrected chi connectivity index (χ0v) is 15.2. The molecule has 1 N–H and O–H groups in total. The fourth-order valence-electron chi connectivity index (χ4n) is 2.85. The summed E-state index contributed by atoms with van der Waals surface area (Å²) in [7, 11) is 2.10. The van der Waals surface area contributed by atoms with Crippen molar-refractivity contribution >= 4 is 17.3 Å². The molecular formula is C19H25N3OS. The Kier molecular flexibility index (Phi) is 5.75. The van der Waals surface area contributed by atoms with Gasteiger partial charge in [-0.3, -0.25) is 0 Å². The highest BCUT2D eigenvalue weighted by atomic mass is 32.1. The lowest BCUT2D eigenvalue weighted by Gasteiger charge is -2.22. The molecule has 0 radical (unpaired) electrons. The number of likely N-dealkylation sites (N-methyl/N-ethyl adjacent to an activating group) is 1. The van der Waals surface area contributed by atoms with E-state index in [4.69, 9.17) is 9.73 Å². The second kappa shape index (κ2) is 8.20. The van der Waals surface area contributed by atoms with Crippen molar-refractivity contribution in [3.63, 3.8) is 0 Å². The number of thiophene rings is 1.